The average molecular weight is 393 g/mol. The summed E-state index contributed by atoms with van der Waals surface area (Å²) in [6.45, 7) is 4.47. The van der Waals surface area contributed by atoms with Crippen LogP contribution in [0.15, 0.2) is 22.8 Å². The van der Waals surface area contributed by atoms with Crippen molar-refractivity contribution < 1.29 is 22.6 Å². The Kier molecular flexibility index (Phi) is 4.35. The molecule has 0 aliphatic carbocycles. The van der Waals surface area contributed by atoms with E-state index in [1.165, 1.54) is 6.07 Å². The van der Waals surface area contributed by atoms with Gasteiger partial charge in [-0.1, -0.05) is 5.16 Å². The molecule has 7 nitrogen and oxygen atoms in total. The molecule has 28 heavy (non-hydrogen) atoms. The molecule has 0 atom stereocenters. The van der Waals surface area contributed by atoms with Gasteiger partial charge in [-0.15, -0.1) is 0 Å². The van der Waals surface area contributed by atoms with Gasteiger partial charge in [0.2, 0.25) is 0 Å². The second-order valence-corrected chi connectivity index (χ2v) is 6.95. The van der Waals surface area contributed by atoms with E-state index in [9.17, 15) is 18.0 Å². The lowest BCUT2D eigenvalue weighted by Crippen LogP contribution is -2.39. The summed E-state index contributed by atoms with van der Waals surface area (Å²) in [6, 6.07) is 3.69. The molecule has 0 radical (unpaired) electrons. The molecule has 1 amide bonds. The molecule has 4 rings (SSSR count). The number of halogens is 3. The molecule has 1 aliphatic rings. The zero-order valence-corrected chi connectivity index (χ0v) is 15.3. The van der Waals surface area contributed by atoms with Crippen LogP contribution in [0.4, 0.5) is 13.2 Å². The first-order chi connectivity index (χ1) is 13.3. The Morgan fingerprint density at radius 3 is 2.50 bits per heavy atom. The van der Waals surface area contributed by atoms with Gasteiger partial charge in [0.05, 0.1) is 16.6 Å². The second-order valence-electron chi connectivity index (χ2n) is 6.95. The summed E-state index contributed by atoms with van der Waals surface area (Å²) >= 11 is 0. The van der Waals surface area contributed by atoms with Crippen molar-refractivity contribution in [1.29, 1.82) is 0 Å². The fourth-order valence-corrected chi connectivity index (χ4v) is 3.76. The van der Waals surface area contributed by atoms with E-state index in [4.69, 9.17) is 0 Å². The molecule has 1 aromatic carbocycles. The number of carbonyl (C=O) groups is 1. The minimum Gasteiger partial charge on any atom is -0.337 e. The number of benzene rings is 1. The van der Waals surface area contributed by atoms with Crippen LogP contribution in [0.3, 0.4) is 0 Å². The van der Waals surface area contributed by atoms with Crippen LogP contribution < -0.4 is 0 Å². The molecule has 1 fully saturated rings. The maximum absolute atomic E-state index is 13.0. The monoisotopic (exact) mass is 393 g/mol. The number of fused-ring (bicyclic) bond motifs is 1. The number of imidazole rings is 1. The quantitative estimate of drug-likeness (QED) is 0.666. The minimum absolute atomic E-state index is 0.0577. The van der Waals surface area contributed by atoms with E-state index in [-0.39, 0.29) is 17.6 Å². The Bertz CT molecular complexity index is 1030. The van der Waals surface area contributed by atoms with Crippen molar-refractivity contribution in [3.63, 3.8) is 0 Å². The number of alkyl halides is 3. The summed E-state index contributed by atoms with van der Waals surface area (Å²) in [6.07, 6.45) is -3.06. The number of rotatable bonds is 2. The van der Waals surface area contributed by atoms with Gasteiger partial charge in [0.15, 0.2) is 5.69 Å². The highest BCUT2D eigenvalue weighted by molar-refractivity contribution is 5.93. The largest absolute Gasteiger partial charge is 0.416 e. The molecule has 0 bridgehead atoms. The molecule has 148 valence electrons. The summed E-state index contributed by atoms with van der Waals surface area (Å²) in [5, 5.41) is 7.29. The Hall–Kier alpha value is -2.91. The molecule has 0 N–H and O–H groups in total. The van der Waals surface area contributed by atoms with E-state index in [1.807, 2.05) is 4.57 Å². The van der Waals surface area contributed by atoms with Crippen molar-refractivity contribution in [2.75, 3.05) is 13.1 Å². The Morgan fingerprint density at radius 2 is 1.89 bits per heavy atom. The van der Waals surface area contributed by atoms with E-state index < -0.39 is 11.7 Å². The van der Waals surface area contributed by atoms with Crippen molar-refractivity contribution in [1.82, 2.24) is 24.8 Å². The van der Waals surface area contributed by atoms with Crippen LogP contribution in [0, 0.1) is 13.8 Å². The summed E-state index contributed by atoms with van der Waals surface area (Å²) in [5.41, 5.74) is 0.954. The third-order valence-corrected chi connectivity index (χ3v) is 5.17. The van der Waals surface area contributed by atoms with Crippen LogP contribution in [-0.2, 0) is 6.18 Å². The van der Waals surface area contributed by atoms with E-state index in [1.54, 1.807) is 18.7 Å². The van der Waals surface area contributed by atoms with Crippen LogP contribution in [-0.4, -0.2) is 43.8 Å². The second kappa shape index (κ2) is 6.61. The van der Waals surface area contributed by atoms with Crippen molar-refractivity contribution >= 4 is 16.9 Å². The molecule has 1 aliphatic heterocycles. The first-order valence-electron chi connectivity index (χ1n) is 8.90. The zero-order valence-electron chi connectivity index (χ0n) is 15.3. The topological polar surface area (TPSA) is 77.0 Å². The molecule has 0 saturated carbocycles. The van der Waals surface area contributed by atoms with Gasteiger partial charge >= 0.3 is 6.18 Å². The van der Waals surface area contributed by atoms with Crippen LogP contribution in [0.1, 0.15) is 46.5 Å². The Balaban J connectivity index is 1.55. The van der Waals surface area contributed by atoms with Gasteiger partial charge in [-0.25, -0.2) is 9.61 Å². The van der Waals surface area contributed by atoms with Gasteiger partial charge in [-0.2, -0.15) is 13.2 Å². The molecule has 0 spiro atoms. The minimum atomic E-state index is -4.40. The molecule has 3 aromatic rings. The first-order valence-corrected chi connectivity index (χ1v) is 8.90. The predicted octanol–water partition coefficient (Wildman–Crippen LogP) is 3.53. The molecule has 0 unspecified atom stereocenters. The summed E-state index contributed by atoms with van der Waals surface area (Å²) < 4.78 is 45.4. The third-order valence-electron chi connectivity index (χ3n) is 5.17. The molecule has 2 aromatic heterocycles. The number of aromatic nitrogens is 4. The normalized spacial score (nSPS) is 16.1. The Morgan fingerprint density at radius 1 is 1.18 bits per heavy atom. The van der Waals surface area contributed by atoms with Gasteiger partial charge in [-0.3, -0.25) is 4.79 Å². The standard InChI is InChI=1S/C18H18F3N5O2/c1-10-16(24-28-23-10)17(27)25-7-5-13(6-8-25)26-11(2)22-14-9-12(18(19,20)21)3-4-15(14)26/h3-4,9,13H,5-8H2,1-2H3. The van der Waals surface area contributed by atoms with E-state index in [0.717, 1.165) is 12.1 Å². The number of hydrogen-bond acceptors (Lipinski definition) is 5. The maximum atomic E-state index is 13.0. The van der Waals surface area contributed by atoms with Crippen molar-refractivity contribution in [2.24, 2.45) is 0 Å². The number of amides is 1. The summed E-state index contributed by atoms with van der Waals surface area (Å²) in [4.78, 5) is 18.5. The fourth-order valence-electron chi connectivity index (χ4n) is 3.76. The van der Waals surface area contributed by atoms with E-state index in [2.05, 4.69) is 19.9 Å². The van der Waals surface area contributed by atoms with Crippen molar-refractivity contribution in [2.45, 2.75) is 38.9 Å². The smallest absolute Gasteiger partial charge is 0.337 e. The number of carbonyl (C=O) groups excluding carboxylic acids is 1. The highest BCUT2D eigenvalue weighted by Crippen LogP contribution is 2.34. The number of hydrogen-bond donors (Lipinski definition) is 0. The van der Waals surface area contributed by atoms with Gasteiger partial charge in [-0.05, 0) is 50.0 Å². The lowest BCUT2D eigenvalue weighted by molar-refractivity contribution is -0.137. The SMILES string of the molecule is Cc1nonc1C(=O)N1CCC(n2c(C)nc3cc(C(F)(F)F)ccc32)CC1. The van der Waals surface area contributed by atoms with Gasteiger partial charge in [0.25, 0.3) is 5.91 Å². The lowest BCUT2D eigenvalue weighted by atomic mass is 10.0. The highest BCUT2D eigenvalue weighted by atomic mass is 19.4. The van der Waals surface area contributed by atoms with Crippen LogP contribution >= 0.6 is 0 Å². The first kappa shape index (κ1) is 18.5. The molecule has 1 saturated heterocycles. The highest BCUT2D eigenvalue weighted by Gasteiger charge is 2.32. The van der Waals surface area contributed by atoms with Crippen LogP contribution in [0.25, 0.3) is 11.0 Å². The predicted molar refractivity (Wildman–Crippen MR) is 92.7 cm³/mol. The van der Waals surface area contributed by atoms with Gasteiger partial charge in [0.1, 0.15) is 11.5 Å². The molecular weight excluding hydrogens is 375 g/mol. The number of piperidine rings is 1. The third kappa shape index (κ3) is 3.12. The average Bonchev–Trinajstić information content (AvgIpc) is 3.22. The van der Waals surface area contributed by atoms with E-state index >= 15 is 0 Å². The van der Waals surface area contributed by atoms with Crippen LogP contribution in [0.2, 0.25) is 0 Å². The molecule has 3 heterocycles. The van der Waals surface area contributed by atoms with Gasteiger partial charge in [0, 0.05) is 19.1 Å². The molecular formula is C18H18F3N5O2. The Labute approximate surface area is 158 Å². The lowest BCUT2D eigenvalue weighted by Gasteiger charge is -2.33. The molecule has 10 heteroatoms. The fraction of sp³-hybridized carbons (Fsp3) is 0.444. The number of likely N-dealkylation sites (tertiary alicyclic amines) is 1. The summed E-state index contributed by atoms with van der Waals surface area (Å²) in [5.74, 6) is 0.440. The zero-order chi connectivity index (χ0) is 20.1. The van der Waals surface area contributed by atoms with Crippen LogP contribution in [0.5, 0.6) is 0 Å². The van der Waals surface area contributed by atoms with Gasteiger partial charge < -0.3 is 9.47 Å². The number of nitrogens with zero attached hydrogens (tertiary/aromatic N) is 5. The van der Waals surface area contributed by atoms with Crippen molar-refractivity contribution in [3.05, 3.63) is 41.0 Å². The summed E-state index contributed by atoms with van der Waals surface area (Å²) in [7, 11) is 0. The van der Waals surface area contributed by atoms with Crippen molar-refractivity contribution in [3.8, 4) is 0 Å². The maximum Gasteiger partial charge on any atom is 0.416 e. The van der Waals surface area contributed by atoms with E-state index in [0.29, 0.717) is 48.5 Å². The number of aryl methyl sites for hydroxylation is 2.